The second kappa shape index (κ2) is 5.15. The van der Waals surface area contributed by atoms with Gasteiger partial charge in [-0.25, -0.2) is 0 Å². The number of benzene rings is 5. The molecule has 0 aliphatic heterocycles. The summed E-state index contributed by atoms with van der Waals surface area (Å²) in [6.07, 6.45) is 0. The van der Waals surface area contributed by atoms with Gasteiger partial charge in [-0.05, 0) is 10.8 Å². The number of nitrogens with zero attached hydrogens (tertiary/aromatic N) is 1. The molecule has 2 heterocycles. The summed E-state index contributed by atoms with van der Waals surface area (Å²) >= 11 is 0. The number of aromatic nitrogens is 2. The van der Waals surface area contributed by atoms with E-state index in [1.807, 2.05) is 48.5 Å². The normalized spacial score (nSPS) is 12.3. The predicted molar refractivity (Wildman–Crippen MR) is 120 cm³/mol. The maximum atomic E-state index is 15.8. The molecule has 2 nitrogen and oxygen atoms in total. The van der Waals surface area contributed by atoms with Crippen molar-refractivity contribution < 1.29 is 4.48 Å². The highest BCUT2D eigenvalue weighted by Crippen LogP contribution is 2.40. The summed E-state index contributed by atoms with van der Waals surface area (Å²) < 4.78 is 15.8. The first-order chi connectivity index (χ1) is 14.3. The lowest BCUT2D eigenvalue weighted by Crippen LogP contribution is -1.84. The molecule has 3 heteroatoms. The van der Waals surface area contributed by atoms with Crippen LogP contribution in [-0.2, 0) is 0 Å². The van der Waals surface area contributed by atoms with Gasteiger partial charge >= 0.3 is 0 Å². The van der Waals surface area contributed by atoms with Crippen LogP contribution in [0.2, 0.25) is 0 Å². The molecule has 1 N–H and O–H groups in total. The lowest BCUT2D eigenvalue weighted by atomic mass is 10.0. The summed E-state index contributed by atoms with van der Waals surface area (Å²) in [6, 6.07) is 28.8. The van der Waals surface area contributed by atoms with Gasteiger partial charge in [0, 0.05) is 32.3 Å². The smallest absolute Gasteiger partial charge is 0.107 e. The maximum absolute atomic E-state index is 15.8. The van der Waals surface area contributed by atoms with Gasteiger partial charge in [0.1, 0.15) is 5.52 Å². The Hall–Kier alpha value is -3.85. The van der Waals surface area contributed by atoms with Crippen molar-refractivity contribution in [1.29, 1.82) is 0 Å². The molecule has 0 saturated carbocycles. The van der Waals surface area contributed by atoms with Gasteiger partial charge in [-0.2, -0.15) is 4.79 Å². The molecule has 2 aromatic heterocycles. The van der Waals surface area contributed by atoms with Crippen molar-refractivity contribution in [2.24, 2.45) is 0 Å². The van der Waals surface area contributed by atoms with Crippen molar-refractivity contribution in [2.75, 3.05) is 0 Å². The minimum atomic E-state index is 0.606. The van der Waals surface area contributed by atoms with Crippen LogP contribution in [0.15, 0.2) is 84.9 Å². The highest BCUT2D eigenvalue weighted by atomic mass is 19.2. The van der Waals surface area contributed by atoms with E-state index in [2.05, 4.69) is 41.4 Å². The molecule has 0 spiro atoms. The van der Waals surface area contributed by atoms with E-state index >= 15 is 4.48 Å². The number of nitrogens with one attached hydrogen (secondary N) is 1. The van der Waals surface area contributed by atoms with E-state index in [0.29, 0.717) is 11.0 Å². The Balaban J connectivity index is 1.75. The molecule has 0 aliphatic rings. The predicted octanol–water partition coefficient (Wildman–Crippen LogP) is 7.47. The minimum Gasteiger partial charge on any atom is -0.352 e. The van der Waals surface area contributed by atoms with Gasteiger partial charge in [0.05, 0.1) is 16.6 Å². The lowest BCUT2D eigenvalue weighted by Gasteiger charge is -2.00. The SMILES string of the molecule is Fn1c2c3ccccc3ccc2c2ccc3c4ccc5ccccc5c4[nH]c3c21. The number of H-pyrrole nitrogens is 1. The fourth-order valence-electron chi connectivity index (χ4n) is 4.91. The Morgan fingerprint density at radius 1 is 0.483 bits per heavy atom. The standard InChI is InChI=1S/C26H15FN2/c27-29-25-18-8-4-2-6-16(18)10-12-21(25)22-14-13-20-19-11-9-15-5-1-3-7-17(15)23(19)28-24(20)26(22)29/h1-14,28H. The quantitative estimate of drug-likeness (QED) is 0.284. The molecule has 0 bridgehead atoms. The molecule has 0 aliphatic carbocycles. The molecular formula is C26H15FN2. The van der Waals surface area contributed by atoms with Gasteiger partial charge < -0.3 is 4.98 Å². The van der Waals surface area contributed by atoms with E-state index in [4.69, 9.17) is 0 Å². The Morgan fingerprint density at radius 2 is 1.03 bits per heavy atom. The molecular weight excluding hydrogens is 359 g/mol. The molecule has 0 fully saturated rings. The van der Waals surface area contributed by atoms with Crippen molar-refractivity contribution in [2.45, 2.75) is 0 Å². The number of rotatable bonds is 0. The van der Waals surface area contributed by atoms with Crippen LogP contribution in [-0.4, -0.2) is 9.77 Å². The van der Waals surface area contributed by atoms with E-state index in [9.17, 15) is 0 Å². The van der Waals surface area contributed by atoms with Gasteiger partial charge in [-0.1, -0.05) is 89.4 Å². The molecule has 0 saturated heterocycles. The van der Waals surface area contributed by atoms with Crippen LogP contribution < -0.4 is 0 Å². The number of hydrogen-bond acceptors (Lipinski definition) is 0. The maximum Gasteiger partial charge on any atom is 0.107 e. The molecule has 29 heavy (non-hydrogen) atoms. The summed E-state index contributed by atoms with van der Waals surface area (Å²) in [5, 5.41) is 8.33. The highest BCUT2D eigenvalue weighted by molar-refractivity contribution is 6.27. The molecule has 7 rings (SSSR count). The lowest BCUT2D eigenvalue weighted by molar-refractivity contribution is 0.407. The zero-order valence-electron chi connectivity index (χ0n) is 15.4. The monoisotopic (exact) mass is 374 g/mol. The average Bonchev–Trinajstić information content (AvgIpc) is 3.29. The summed E-state index contributed by atoms with van der Waals surface area (Å²) in [5.74, 6) is 0. The first-order valence-electron chi connectivity index (χ1n) is 9.75. The molecule has 5 aromatic carbocycles. The second-order valence-electron chi connectivity index (χ2n) is 7.68. The highest BCUT2D eigenvalue weighted by Gasteiger charge is 2.18. The van der Waals surface area contributed by atoms with E-state index < -0.39 is 0 Å². The summed E-state index contributed by atoms with van der Waals surface area (Å²) in [6.45, 7) is 0. The van der Waals surface area contributed by atoms with Crippen molar-refractivity contribution in [3.05, 3.63) is 84.9 Å². The third kappa shape index (κ3) is 1.80. The second-order valence-corrected chi connectivity index (χ2v) is 7.68. The van der Waals surface area contributed by atoms with E-state index in [0.717, 1.165) is 53.5 Å². The summed E-state index contributed by atoms with van der Waals surface area (Å²) in [4.78, 5) is 4.42. The molecule has 0 atom stereocenters. The van der Waals surface area contributed by atoms with Crippen LogP contribution in [0.25, 0.3) is 65.2 Å². The van der Waals surface area contributed by atoms with Crippen molar-refractivity contribution in [1.82, 2.24) is 9.77 Å². The Labute approximate surface area is 164 Å². The van der Waals surface area contributed by atoms with Gasteiger partial charge in [0.2, 0.25) is 0 Å². The first kappa shape index (κ1) is 15.1. The van der Waals surface area contributed by atoms with E-state index in [1.165, 1.54) is 5.39 Å². The zero-order chi connectivity index (χ0) is 19.1. The number of fused-ring (bicyclic) bond motifs is 11. The van der Waals surface area contributed by atoms with Gasteiger partial charge in [-0.15, -0.1) is 0 Å². The Morgan fingerprint density at radius 3 is 1.86 bits per heavy atom. The van der Waals surface area contributed by atoms with E-state index in [-0.39, 0.29) is 0 Å². The summed E-state index contributed by atoms with van der Waals surface area (Å²) in [5.41, 5.74) is 3.14. The number of hydrogen-bond donors (Lipinski definition) is 1. The average molecular weight is 374 g/mol. The van der Waals surface area contributed by atoms with Crippen LogP contribution in [0.3, 0.4) is 0 Å². The van der Waals surface area contributed by atoms with Gasteiger partial charge in [-0.3, -0.25) is 0 Å². The zero-order valence-corrected chi connectivity index (χ0v) is 15.4. The Bertz CT molecular complexity index is 1770. The van der Waals surface area contributed by atoms with Gasteiger partial charge in [0.25, 0.3) is 0 Å². The first-order valence-corrected chi connectivity index (χ1v) is 9.75. The van der Waals surface area contributed by atoms with Crippen molar-refractivity contribution in [3.63, 3.8) is 0 Å². The van der Waals surface area contributed by atoms with Crippen LogP contribution in [0.5, 0.6) is 0 Å². The van der Waals surface area contributed by atoms with Crippen LogP contribution in [0.4, 0.5) is 4.48 Å². The van der Waals surface area contributed by atoms with Crippen LogP contribution in [0, 0.1) is 0 Å². The molecule has 0 unspecified atom stereocenters. The topological polar surface area (TPSA) is 20.7 Å². The summed E-state index contributed by atoms with van der Waals surface area (Å²) in [7, 11) is 0. The molecule has 7 aromatic rings. The van der Waals surface area contributed by atoms with Crippen LogP contribution in [0.1, 0.15) is 0 Å². The molecule has 136 valence electrons. The third-order valence-electron chi connectivity index (χ3n) is 6.23. The molecule has 0 radical (unpaired) electrons. The fourth-order valence-corrected chi connectivity index (χ4v) is 4.91. The van der Waals surface area contributed by atoms with E-state index in [1.54, 1.807) is 0 Å². The fraction of sp³-hybridized carbons (Fsp3) is 0. The molecule has 0 amide bonds. The number of halogens is 1. The minimum absolute atomic E-state index is 0.606. The van der Waals surface area contributed by atoms with Gasteiger partial charge in [0.15, 0.2) is 0 Å². The third-order valence-corrected chi connectivity index (χ3v) is 6.23. The van der Waals surface area contributed by atoms with Crippen molar-refractivity contribution in [3.8, 4) is 0 Å². The largest absolute Gasteiger partial charge is 0.352 e. The van der Waals surface area contributed by atoms with Crippen LogP contribution >= 0.6 is 0 Å². The Kier molecular flexibility index (Phi) is 2.68. The number of aromatic amines is 1. The van der Waals surface area contributed by atoms with Crippen molar-refractivity contribution >= 4 is 65.2 Å².